The Hall–Kier alpha value is -0.260. The third-order valence-corrected chi connectivity index (χ3v) is 3.26. The number of rotatable bonds is 1. The van der Waals surface area contributed by atoms with Crippen LogP contribution in [-0.4, -0.2) is 0 Å². The predicted molar refractivity (Wildman–Crippen MR) is 55.2 cm³/mol. The minimum atomic E-state index is 0.914. The normalized spacial score (nSPS) is 20.2. The molecule has 1 rings (SSSR count). The largest absolute Gasteiger partial charge is 0.0772 e. The van der Waals surface area contributed by atoms with Crippen LogP contribution in [-0.2, 0) is 0 Å². The molecule has 0 N–H and O–H groups in total. The number of allylic oxidation sites excluding steroid dienone is 2. The first-order valence-electron chi connectivity index (χ1n) is 5.36. The molecule has 0 aromatic heterocycles. The first-order chi connectivity index (χ1) is 5.72. The van der Waals surface area contributed by atoms with Crippen molar-refractivity contribution in [3.8, 4) is 0 Å². The van der Waals surface area contributed by atoms with Crippen LogP contribution in [0.3, 0.4) is 0 Å². The Balaban J connectivity index is 2.54. The fraction of sp³-hybridized carbons (Fsp3) is 0.833. The monoisotopic (exact) mass is 166 g/mol. The zero-order chi connectivity index (χ0) is 8.97. The molecule has 1 saturated carbocycles. The summed E-state index contributed by atoms with van der Waals surface area (Å²) in [5.74, 6) is 0.914. The second kappa shape index (κ2) is 4.69. The molecule has 0 atom stereocenters. The third kappa shape index (κ3) is 2.66. The lowest BCUT2D eigenvalue weighted by Crippen LogP contribution is -2.01. The maximum Gasteiger partial charge on any atom is -0.0204 e. The van der Waals surface area contributed by atoms with Crippen molar-refractivity contribution < 1.29 is 0 Å². The quantitative estimate of drug-likeness (QED) is 0.402. The standard InChI is InChI=1S/C12H22/c1-10(2)11(3)12-8-6-4-5-7-9-12/h12H,4-9H2,1-3H3. The van der Waals surface area contributed by atoms with Crippen molar-refractivity contribution >= 4 is 0 Å². The van der Waals surface area contributed by atoms with Crippen LogP contribution in [0.2, 0.25) is 0 Å². The fourth-order valence-corrected chi connectivity index (χ4v) is 2.12. The molecule has 0 amide bonds. The molecule has 0 bridgehead atoms. The van der Waals surface area contributed by atoms with E-state index in [1.54, 1.807) is 11.1 Å². The summed E-state index contributed by atoms with van der Waals surface area (Å²) in [6, 6.07) is 0. The van der Waals surface area contributed by atoms with Gasteiger partial charge in [-0.25, -0.2) is 0 Å². The minimum absolute atomic E-state index is 0.914. The Bertz CT molecular complexity index is 153. The van der Waals surface area contributed by atoms with Gasteiger partial charge in [-0.05, 0) is 39.5 Å². The molecular weight excluding hydrogens is 144 g/mol. The number of hydrogen-bond acceptors (Lipinski definition) is 0. The van der Waals surface area contributed by atoms with E-state index in [1.165, 1.54) is 38.5 Å². The van der Waals surface area contributed by atoms with Gasteiger partial charge in [0.05, 0.1) is 0 Å². The van der Waals surface area contributed by atoms with Gasteiger partial charge >= 0.3 is 0 Å². The molecular formula is C12H22. The average Bonchev–Trinajstić information content (AvgIpc) is 2.30. The number of hydrogen-bond donors (Lipinski definition) is 0. The summed E-state index contributed by atoms with van der Waals surface area (Å²) in [6.45, 7) is 6.83. The smallest absolute Gasteiger partial charge is 0.0204 e. The van der Waals surface area contributed by atoms with Crippen LogP contribution in [0.4, 0.5) is 0 Å². The van der Waals surface area contributed by atoms with E-state index in [2.05, 4.69) is 20.8 Å². The van der Waals surface area contributed by atoms with Crippen molar-refractivity contribution in [3.05, 3.63) is 11.1 Å². The summed E-state index contributed by atoms with van der Waals surface area (Å²) >= 11 is 0. The van der Waals surface area contributed by atoms with Crippen molar-refractivity contribution in [3.63, 3.8) is 0 Å². The van der Waals surface area contributed by atoms with Gasteiger partial charge in [0.2, 0.25) is 0 Å². The van der Waals surface area contributed by atoms with Crippen LogP contribution < -0.4 is 0 Å². The molecule has 0 radical (unpaired) electrons. The van der Waals surface area contributed by atoms with Crippen LogP contribution in [0, 0.1) is 5.92 Å². The predicted octanol–water partition coefficient (Wildman–Crippen LogP) is 4.31. The van der Waals surface area contributed by atoms with E-state index in [0.29, 0.717) is 0 Å². The highest BCUT2D eigenvalue weighted by atomic mass is 14.2. The van der Waals surface area contributed by atoms with Crippen LogP contribution in [0.1, 0.15) is 59.3 Å². The molecule has 0 saturated heterocycles. The van der Waals surface area contributed by atoms with E-state index in [0.717, 1.165) is 5.92 Å². The first-order valence-corrected chi connectivity index (χ1v) is 5.36. The molecule has 1 fully saturated rings. The van der Waals surface area contributed by atoms with E-state index < -0.39 is 0 Å². The molecule has 0 heteroatoms. The van der Waals surface area contributed by atoms with E-state index in [9.17, 15) is 0 Å². The molecule has 0 unspecified atom stereocenters. The van der Waals surface area contributed by atoms with Gasteiger partial charge in [-0.15, -0.1) is 0 Å². The third-order valence-electron chi connectivity index (χ3n) is 3.26. The van der Waals surface area contributed by atoms with Gasteiger partial charge in [0.15, 0.2) is 0 Å². The molecule has 0 aliphatic heterocycles. The van der Waals surface area contributed by atoms with Gasteiger partial charge in [0.25, 0.3) is 0 Å². The minimum Gasteiger partial charge on any atom is -0.0772 e. The van der Waals surface area contributed by atoms with Gasteiger partial charge in [0, 0.05) is 0 Å². The van der Waals surface area contributed by atoms with Gasteiger partial charge < -0.3 is 0 Å². The van der Waals surface area contributed by atoms with Gasteiger partial charge in [-0.1, -0.05) is 36.8 Å². The van der Waals surface area contributed by atoms with Crippen molar-refractivity contribution in [2.45, 2.75) is 59.3 Å². The molecule has 70 valence electrons. The van der Waals surface area contributed by atoms with Gasteiger partial charge in [0.1, 0.15) is 0 Å². The molecule has 0 nitrogen and oxygen atoms in total. The van der Waals surface area contributed by atoms with Crippen LogP contribution in [0.25, 0.3) is 0 Å². The topological polar surface area (TPSA) is 0 Å². The Morgan fingerprint density at radius 1 is 0.833 bits per heavy atom. The van der Waals surface area contributed by atoms with Gasteiger partial charge in [-0.2, -0.15) is 0 Å². The highest BCUT2D eigenvalue weighted by molar-refractivity contribution is 5.10. The maximum absolute atomic E-state index is 2.32. The summed E-state index contributed by atoms with van der Waals surface area (Å²) in [4.78, 5) is 0. The SMILES string of the molecule is CC(C)=C(C)C1CCCCCC1. The van der Waals surface area contributed by atoms with E-state index >= 15 is 0 Å². The zero-order valence-corrected chi connectivity index (χ0v) is 8.82. The maximum atomic E-state index is 2.32. The fourth-order valence-electron chi connectivity index (χ4n) is 2.12. The first kappa shape index (κ1) is 9.83. The Morgan fingerprint density at radius 3 is 1.75 bits per heavy atom. The molecule has 0 heterocycles. The van der Waals surface area contributed by atoms with Crippen molar-refractivity contribution in [1.29, 1.82) is 0 Å². The van der Waals surface area contributed by atoms with E-state index in [4.69, 9.17) is 0 Å². The highest BCUT2D eigenvalue weighted by Crippen LogP contribution is 2.29. The van der Waals surface area contributed by atoms with E-state index in [1.807, 2.05) is 0 Å². The average molecular weight is 166 g/mol. The zero-order valence-electron chi connectivity index (χ0n) is 8.82. The summed E-state index contributed by atoms with van der Waals surface area (Å²) < 4.78 is 0. The summed E-state index contributed by atoms with van der Waals surface area (Å²) in [6.07, 6.45) is 8.72. The van der Waals surface area contributed by atoms with Crippen LogP contribution >= 0.6 is 0 Å². The molecule has 0 spiro atoms. The van der Waals surface area contributed by atoms with Crippen molar-refractivity contribution in [2.24, 2.45) is 5.92 Å². The molecule has 0 aromatic carbocycles. The van der Waals surface area contributed by atoms with E-state index in [-0.39, 0.29) is 0 Å². The van der Waals surface area contributed by atoms with Gasteiger partial charge in [-0.3, -0.25) is 0 Å². The van der Waals surface area contributed by atoms with Crippen molar-refractivity contribution in [1.82, 2.24) is 0 Å². The molecule has 1 aliphatic carbocycles. The highest BCUT2D eigenvalue weighted by Gasteiger charge is 2.13. The second-order valence-corrected chi connectivity index (χ2v) is 4.37. The lowest BCUT2D eigenvalue weighted by Gasteiger charge is -2.16. The lowest BCUT2D eigenvalue weighted by molar-refractivity contribution is 0.526. The summed E-state index contributed by atoms with van der Waals surface area (Å²) in [5, 5.41) is 0. The molecule has 0 aromatic rings. The Labute approximate surface area is 77.1 Å². The van der Waals surface area contributed by atoms with Crippen molar-refractivity contribution in [2.75, 3.05) is 0 Å². The van der Waals surface area contributed by atoms with Crippen LogP contribution in [0.5, 0.6) is 0 Å². The summed E-state index contributed by atoms with van der Waals surface area (Å²) in [5.41, 5.74) is 3.21. The Kier molecular flexibility index (Phi) is 3.84. The molecule has 1 aliphatic rings. The Morgan fingerprint density at radius 2 is 1.33 bits per heavy atom. The summed E-state index contributed by atoms with van der Waals surface area (Å²) in [7, 11) is 0. The van der Waals surface area contributed by atoms with Crippen LogP contribution in [0.15, 0.2) is 11.1 Å². The second-order valence-electron chi connectivity index (χ2n) is 4.37. The molecule has 12 heavy (non-hydrogen) atoms. The lowest BCUT2D eigenvalue weighted by atomic mass is 9.90.